The zero-order valence-corrected chi connectivity index (χ0v) is 21.2. The van der Waals surface area contributed by atoms with Gasteiger partial charge in [-0.1, -0.05) is 42.5 Å². The number of amides is 2. The van der Waals surface area contributed by atoms with Crippen molar-refractivity contribution >= 4 is 39.9 Å². The van der Waals surface area contributed by atoms with Crippen molar-refractivity contribution in [3.8, 4) is 0 Å². The van der Waals surface area contributed by atoms with Gasteiger partial charge in [0.05, 0.1) is 12.6 Å². The maximum atomic E-state index is 12.8. The molecule has 0 aliphatic heterocycles. The molecule has 9 nitrogen and oxygen atoms in total. The van der Waals surface area contributed by atoms with Crippen LogP contribution in [0.1, 0.15) is 48.5 Å². The van der Waals surface area contributed by atoms with Gasteiger partial charge < -0.3 is 25.8 Å². The smallest absolute Gasteiger partial charge is 0.410 e. The molecule has 1 aromatic heterocycles. The molecule has 2 amide bonds. The predicted molar refractivity (Wildman–Crippen MR) is 139 cm³/mol. The van der Waals surface area contributed by atoms with Gasteiger partial charge in [-0.15, -0.1) is 11.3 Å². The molecule has 0 spiro atoms. The Balaban J connectivity index is 1.62. The first kappa shape index (κ1) is 26.8. The van der Waals surface area contributed by atoms with Gasteiger partial charge in [-0.3, -0.25) is 9.59 Å². The summed E-state index contributed by atoms with van der Waals surface area (Å²) in [7, 11) is 0. The summed E-state index contributed by atoms with van der Waals surface area (Å²) in [4.78, 5) is 42.5. The van der Waals surface area contributed by atoms with Gasteiger partial charge in [0.25, 0.3) is 11.7 Å². The van der Waals surface area contributed by atoms with Gasteiger partial charge in [-0.05, 0) is 50.5 Å². The van der Waals surface area contributed by atoms with Gasteiger partial charge in [0, 0.05) is 17.6 Å². The second-order valence-corrected chi connectivity index (χ2v) is 10.0. The van der Waals surface area contributed by atoms with Crippen molar-refractivity contribution in [2.75, 3.05) is 24.1 Å². The first-order chi connectivity index (χ1) is 17.0. The van der Waals surface area contributed by atoms with E-state index in [1.54, 1.807) is 57.2 Å². The molecule has 0 saturated heterocycles. The Labute approximate surface area is 213 Å². The summed E-state index contributed by atoms with van der Waals surface area (Å²) >= 11 is 1.09. The topological polar surface area (TPSA) is 135 Å². The normalized spacial score (nSPS) is 12.0. The third-order valence-corrected chi connectivity index (χ3v) is 5.75. The van der Waals surface area contributed by atoms with Crippen LogP contribution in [-0.4, -0.2) is 51.5 Å². The van der Waals surface area contributed by atoms with Crippen LogP contribution < -0.4 is 11.1 Å². The molecule has 4 N–H and O–H groups in total. The van der Waals surface area contributed by atoms with E-state index in [0.717, 1.165) is 16.9 Å². The largest absolute Gasteiger partial charge is 0.444 e. The molecule has 3 aromatic rings. The van der Waals surface area contributed by atoms with Crippen LogP contribution in [0.3, 0.4) is 0 Å². The SMILES string of the molecule is CC(C)(C)OC(=O)N(CCc1ccc(NC(=O)C(=O)c2csc(N)n2)cc1)C[C@H](O)c1ccccc1. The summed E-state index contributed by atoms with van der Waals surface area (Å²) in [6, 6.07) is 16.1. The van der Waals surface area contributed by atoms with Crippen molar-refractivity contribution in [3.05, 3.63) is 76.8 Å². The van der Waals surface area contributed by atoms with Crippen molar-refractivity contribution in [1.29, 1.82) is 0 Å². The summed E-state index contributed by atoms with van der Waals surface area (Å²) < 4.78 is 5.53. The summed E-state index contributed by atoms with van der Waals surface area (Å²) in [5.41, 5.74) is 6.91. The maximum Gasteiger partial charge on any atom is 0.410 e. The fourth-order valence-corrected chi connectivity index (χ4v) is 3.83. The number of anilines is 2. The number of nitrogens with two attached hydrogens (primary N) is 1. The van der Waals surface area contributed by atoms with Crippen LogP contribution in [0.2, 0.25) is 0 Å². The molecule has 1 heterocycles. The highest BCUT2D eigenvalue weighted by Crippen LogP contribution is 2.18. The third-order valence-electron chi connectivity index (χ3n) is 5.07. The monoisotopic (exact) mass is 510 g/mol. The number of nitrogen functional groups attached to an aromatic ring is 1. The molecule has 0 bridgehead atoms. The number of carbonyl (C=O) groups excluding carboxylic acids is 3. The lowest BCUT2D eigenvalue weighted by Gasteiger charge is -2.29. The quantitative estimate of drug-likeness (QED) is 0.292. The Morgan fingerprint density at radius 3 is 2.36 bits per heavy atom. The van der Waals surface area contributed by atoms with Crippen LogP contribution >= 0.6 is 11.3 Å². The number of ether oxygens (including phenoxy) is 1. The minimum Gasteiger partial charge on any atom is -0.444 e. The number of thiazole rings is 1. The number of aromatic nitrogens is 1. The van der Waals surface area contributed by atoms with Crippen LogP contribution in [-0.2, 0) is 16.0 Å². The summed E-state index contributed by atoms with van der Waals surface area (Å²) in [5, 5.41) is 14.9. The molecule has 190 valence electrons. The Morgan fingerprint density at radius 1 is 1.11 bits per heavy atom. The summed E-state index contributed by atoms with van der Waals surface area (Å²) in [6.07, 6.45) is -0.879. The lowest BCUT2D eigenvalue weighted by atomic mass is 10.1. The van der Waals surface area contributed by atoms with Gasteiger partial charge in [-0.2, -0.15) is 0 Å². The first-order valence-corrected chi connectivity index (χ1v) is 12.3. The zero-order valence-electron chi connectivity index (χ0n) is 20.4. The van der Waals surface area contributed by atoms with Crippen LogP contribution in [0.4, 0.5) is 15.6 Å². The number of hydrogen-bond acceptors (Lipinski definition) is 8. The molecule has 0 aliphatic carbocycles. The number of ketones is 1. The predicted octanol–water partition coefficient (Wildman–Crippen LogP) is 4.06. The number of carbonyl (C=O) groups is 3. The van der Waals surface area contributed by atoms with Crippen LogP contribution in [0.5, 0.6) is 0 Å². The fraction of sp³-hybridized carbons (Fsp3) is 0.308. The minimum atomic E-state index is -0.859. The van der Waals surface area contributed by atoms with Gasteiger partial charge in [0.1, 0.15) is 11.3 Å². The van der Waals surface area contributed by atoms with Gasteiger partial charge in [0.15, 0.2) is 5.13 Å². The number of benzene rings is 2. The molecule has 0 saturated carbocycles. The summed E-state index contributed by atoms with van der Waals surface area (Å²) in [5.74, 6) is -1.57. The molecule has 0 unspecified atom stereocenters. The average molecular weight is 511 g/mol. The van der Waals surface area contributed by atoms with Crippen LogP contribution in [0.25, 0.3) is 0 Å². The number of hydrogen-bond donors (Lipinski definition) is 3. The molecule has 0 radical (unpaired) electrons. The average Bonchev–Trinajstić information content (AvgIpc) is 3.27. The van der Waals surface area contributed by atoms with Crippen LogP contribution in [0.15, 0.2) is 60.0 Å². The number of Topliss-reactive ketones (excluding diaryl/α,β-unsaturated/α-hetero) is 1. The van der Waals surface area contributed by atoms with Crippen molar-refractivity contribution < 1.29 is 24.2 Å². The molecule has 36 heavy (non-hydrogen) atoms. The molecule has 1 atom stereocenters. The van der Waals surface area contributed by atoms with E-state index in [9.17, 15) is 19.5 Å². The Hall–Kier alpha value is -3.76. The van der Waals surface area contributed by atoms with Crippen molar-refractivity contribution in [2.24, 2.45) is 0 Å². The standard InChI is InChI=1S/C26H30N4O5S/c1-26(2,3)35-25(34)30(15-21(31)18-7-5-4-6-8-18)14-13-17-9-11-19(12-10-17)28-23(33)22(32)20-16-36-24(27)29-20/h4-12,16,21,31H,13-15H2,1-3H3,(H2,27,29)(H,28,33)/t21-/m0/s1. The lowest BCUT2D eigenvalue weighted by molar-refractivity contribution is -0.112. The van der Waals surface area contributed by atoms with Crippen molar-refractivity contribution in [1.82, 2.24) is 9.88 Å². The lowest BCUT2D eigenvalue weighted by Crippen LogP contribution is -2.40. The molecule has 0 fully saturated rings. The second-order valence-electron chi connectivity index (χ2n) is 9.15. The number of rotatable bonds is 9. The summed E-state index contributed by atoms with van der Waals surface area (Å²) in [6.45, 7) is 5.76. The van der Waals surface area contributed by atoms with E-state index in [0.29, 0.717) is 24.2 Å². The fourth-order valence-electron chi connectivity index (χ4n) is 3.29. The van der Waals surface area contributed by atoms with Gasteiger partial charge >= 0.3 is 6.09 Å². The van der Waals surface area contributed by atoms with E-state index in [2.05, 4.69) is 10.3 Å². The molecular formula is C26H30N4O5S. The van der Waals surface area contributed by atoms with Crippen molar-refractivity contribution in [3.63, 3.8) is 0 Å². The van der Waals surface area contributed by atoms with E-state index in [-0.39, 0.29) is 17.4 Å². The van der Waals surface area contributed by atoms with Gasteiger partial charge in [-0.25, -0.2) is 9.78 Å². The Morgan fingerprint density at radius 2 is 1.78 bits per heavy atom. The van der Waals surface area contributed by atoms with E-state index in [1.807, 2.05) is 18.2 Å². The first-order valence-electron chi connectivity index (χ1n) is 11.4. The van der Waals surface area contributed by atoms with E-state index < -0.39 is 29.5 Å². The second kappa shape index (κ2) is 11.8. The van der Waals surface area contributed by atoms with E-state index in [4.69, 9.17) is 10.5 Å². The van der Waals surface area contributed by atoms with Crippen molar-refractivity contribution in [2.45, 2.75) is 38.9 Å². The number of nitrogens with one attached hydrogen (secondary N) is 1. The number of nitrogens with zero attached hydrogens (tertiary/aromatic N) is 2. The molecular weight excluding hydrogens is 480 g/mol. The number of aliphatic hydroxyl groups is 1. The molecule has 10 heteroatoms. The highest BCUT2D eigenvalue weighted by atomic mass is 32.1. The van der Waals surface area contributed by atoms with E-state index in [1.165, 1.54) is 10.3 Å². The van der Waals surface area contributed by atoms with E-state index >= 15 is 0 Å². The zero-order chi connectivity index (χ0) is 26.3. The highest BCUT2D eigenvalue weighted by Gasteiger charge is 2.25. The minimum absolute atomic E-state index is 0.00606. The Bertz CT molecular complexity index is 1190. The van der Waals surface area contributed by atoms with Gasteiger partial charge in [0.2, 0.25) is 0 Å². The van der Waals surface area contributed by atoms with Crippen LogP contribution in [0, 0.1) is 0 Å². The highest BCUT2D eigenvalue weighted by molar-refractivity contribution is 7.13. The molecule has 0 aliphatic rings. The molecule has 2 aromatic carbocycles. The third kappa shape index (κ3) is 7.89. The molecule has 3 rings (SSSR count). The number of aliphatic hydroxyl groups excluding tert-OH is 1. The maximum absolute atomic E-state index is 12.8. The Kier molecular flexibility index (Phi) is 8.78.